The van der Waals surface area contributed by atoms with E-state index in [1.165, 1.54) is 5.56 Å². The Kier molecular flexibility index (Phi) is 1.67. The summed E-state index contributed by atoms with van der Waals surface area (Å²) >= 11 is 0. The summed E-state index contributed by atoms with van der Waals surface area (Å²) in [5, 5.41) is 7.12. The van der Waals surface area contributed by atoms with Gasteiger partial charge in [0.2, 0.25) is 0 Å². The topological polar surface area (TPSA) is 28.7 Å². The molecule has 0 aliphatic heterocycles. The molecule has 0 amide bonds. The Morgan fingerprint density at radius 3 is 2.67 bits per heavy atom. The van der Waals surface area contributed by atoms with Gasteiger partial charge in [-0.25, -0.2) is 0 Å². The second-order valence-corrected chi connectivity index (χ2v) is 2.75. The van der Waals surface area contributed by atoms with E-state index in [4.69, 9.17) is 0 Å². The van der Waals surface area contributed by atoms with Gasteiger partial charge in [0.25, 0.3) is 0 Å². The van der Waals surface area contributed by atoms with Crippen LogP contribution in [0.5, 0.6) is 0 Å². The second kappa shape index (κ2) is 2.81. The first-order valence-corrected chi connectivity index (χ1v) is 3.94. The summed E-state index contributed by atoms with van der Waals surface area (Å²) in [6.07, 6.45) is 12.1. The molecule has 0 fully saturated rings. The summed E-state index contributed by atoms with van der Waals surface area (Å²) in [6.45, 7) is 2.02. The minimum atomic E-state index is 1.01. The number of nitrogens with one attached hydrogen (secondary N) is 1. The number of allylic oxidation sites excluding steroid dienone is 4. The minimum absolute atomic E-state index is 1.01. The first kappa shape index (κ1) is 7.10. The van der Waals surface area contributed by atoms with E-state index in [1.807, 2.05) is 37.3 Å². The number of hydrogen-bond acceptors (Lipinski definition) is 1. The molecule has 2 rings (SSSR count). The number of nitrogens with zero attached hydrogens (tertiary/aromatic N) is 1. The van der Waals surface area contributed by atoms with Gasteiger partial charge in [0.05, 0.1) is 5.69 Å². The lowest BCUT2D eigenvalue weighted by atomic mass is 10.1. The third-order valence-corrected chi connectivity index (χ3v) is 1.87. The lowest BCUT2D eigenvalue weighted by molar-refractivity contribution is 1.04. The Hall–Kier alpha value is -1.57. The number of aryl methyl sites for hydroxylation is 1. The number of hydrogen-bond donors (Lipinski definition) is 1. The summed E-state index contributed by atoms with van der Waals surface area (Å²) in [6, 6.07) is 0. The third kappa shape index (κ3) is 1.11. The van der Waals surface area contributed by atoms with Crippen LogP contribution < -0.4 is 0 Å². The Labute approximate surface area is 71.3 Å². The highest BCUT2D eigenvalue weighted by molar-refractivity contribution is 5.66. The van der Waals surface area contributed by atoms with E-state index in [0.29, 0.717) is 0 Å². The van der Waals surface area contributed by atoms with Crippen LogP contribution in [0.2, 0.25) is 0 Å². The van der Waals surface area contributed by atoms with Crippen LogP contribution in [0.25, 0.3) is 12.2 Å². The van der Waals surface area contributed by atoms with Crippen LogP contribution in [0, 0.1) is 6.92 Å². The summed E-state index contributed by atoms with van der Waals surface area (Å²) in [4.78, 5) is 0. The van der Waals surface area contributed by atoms with Crippen LogP contribution in [0.4, 0.5) is 0 Å². The molecule has 0 saturated carbocycles. The minimum Gasteiger partial charge on any atom is -0.282 e. The zero-order chi connectivity index (χ0) is 8.39. The molecule has 0 aromatic carbocycles. The molecule has 12 heavy (non-hydrogen) atoms. The average molecular weight is 158 g/mol. The number of rotatable bonds is 0. The molecular formula is C10H10N2. The van der Waals surface area contributed by atoms with Crippen molar-refractivity contribution in [3.05, 3.63) is 41.3 Å². The average Bonchev–Trinajstić information content (AvgIpc) is 2.31. The fraction of sp³-hybridized carbons (Fsp3) is 0.100. The smallest absolute Gasteiger partial charge is 0.0923 e. The van der Waals surface area contributed by atoms with Crippen LogP contribution in [0.15, 0.2) is 24.3 Å². The van der Waals surface area contributed by atoms with E-state index in [1.54, 1.807) is 0 Å². The zero-order valence-corrected chi connectivity index (χ0v) is 6.91. The summed E-state index contributed by atoms with van der Waals surface area (Å²) in [5.41, 5.74) is 3.30. The molecule has 2 heteroatoms. The van der Waals surface area contributed by atoms with Crippen molar-refractivity contribution in [1.29, 1.82) is 0 Å². The van der Waals surface area contributed by atoms with Crippen molar-refractivity contribution < 1.29 is 0 Å². The zero-order valence-electron chi connectivity index (χ0n) is 6.91. The summed E-state index contributed by atoms with van der Waals surface area (Å²) in [7, 11) is 0. The lowest BCUT2D eigenvalue weighted by Gasteiger charge is -1.92. The molecule has 1 aliphatic rings. The van der Waals surface area contributed by atoms with Crippen LogP contribution in [-0.2, 0) is 0 Å². The second-order valence-electron chi connectivity index (χ2n) is 2.75. The van der Waals surface area contributed by atoms with E-state index < -0.39 is 0 Å². The molecule has 60 valence electrons. The molecule has 1 N–H and O–H groups in total. The number of fused-ring (bicyclic) bond motifs is 1. The van der Waals surface area contributed by atoms with Crippen LogP contribution in [0.3, 0.4) is 0 Å². The van der Waals surface area contributed by atoms with Gasteiger partial charge < -0.3 is 0 Å². The normalized spacial score (nSPS) is 14.1. The first-order valence-electron chi connectivity index (χ1n) is 3.94. The molecule has 0 unspecified atom stereocenters. The third-order valence-electron chi connectivity index (χ3n) is 1.87. The van der Waals surface area contributed by atoms with Crippen molar-refractivity contribution in [2.45, 2.75) is 6.92 Å². The van der Waals surface area contributed by atoms with E-state index in [-0.39, 0.29) is 0 Å². The Morgan fingerprint density at radius 1 is 1.08 bits per heavy atom. The predicted molar refractivity (Wildman–Crippen MR) is 50.5 cm³/mol. The van der Waals surface area contributed by atoms with Crippen molar-refractivity contribution in [3.8, 4) is 0 Å². The Balaban J connectivity index is 2.57. The fourth-order valence-corrected chi connectivity index (χ4v) is 1.22. The maximum Gasteiger partial charge on any atom is 0.0923 e. The number of H-pyrrole nitrogens is 1. The highest BCUT2D eigenvalue weighted by atomic mass is 15.1. The Bertz CT molecular complexity index is 367. The predicted octanol–water partition coefficient (Wildman–Crippen LogP) is 2.31. The van der Waals surface area contributed by atoms with E-state index in [0.717, 1.165) is 11.4 Å². The largest absolute Gasteiger partial charge is 0.282 e. The standard InChI is InChI=1S/C10H10N2/c1-8-9-6-4-2-3-5-7-10(9)12-11-8/h2-7H,1H3,(H,11,12). The monoisotopic (exact) mass is 158 g/mol. The van der Waals surface area contributed by atoms with Crippen LogP contribution >= 0.6 is 0 Å². The highest BCUT2D eigenvalue weighted by Gasteiger charge is 2.03. The van der Waals surface area contributed by atoms with Crippen LogP contribution in [0.1, 0.15) is 17.0 Å². The van der Waals surface area contributed by atoms with Gasteiger partial charge in [-0.1, -0.05) is 30.4 Å². The van der Waals surface area contributed by atoms with Crippen molar-refractivity contribution in [1.82, 2.24) is 10.2 Å². The molecule has 1 aliphatic carbocycles. The van der Waals surface area contributed by atoms with Gasteiger partial charge in [-0.15, -0.1) is 0 Å². The van der Waals surface area contributed by atoms with Crippen molar-refractivity contribution in [2.75, 3.05) is 0 Å². The molecule has 0 saturated heterocycles. The number of aromatic nitrogens is 2. The molecule has 0 bridgehead atoms. The van der Waals surface area contributed by atoms with Gasteiger partial charge in [0, 0.05) is 11.3 Å². The van der Waals surface area contributed by atoms with E-state index >= 15 is 0 Å². The van der Waals surface area contributed by atoms with Gasteiger partial charge in [-0.3, -0.25) is 5.10 Å². The number of aromatic amines is 1. The van der Waals surface area contributed by atoms with E-state index in [2.05, 4.69) is 16.3 Å². The van der Waals surface area contributed by atoms with Gasteiger partial charge in [0.1, 0.15) is 0 Å². The highest BCUT2D eigenvalue weighted by Crippen LogP contribution is 2.15. The molecule has 1 aromatic heterocycles. The summed E-state index contributed by atoms with van der Waals surface area (Å²) < 4.78 is 0. The molecule has 0 radical (unpaired) electrons. The molecule has 2 nitrogen and oxygen atoms in total. The SMILES string of the molecule is Cc1[nH]nc2c1C=CC=CC=C2. The molecule has 1 heterocycles. The van der Waals surface area contributed by atoms with Gasteiger partial charge in [0.15, 0.2) is 0 Å². The lowest BCUT2D eigenvalue weighted by Crippen LogP contribution is -1.78. The fourth-order valence-electron chi connectivity index (χ4n) is 1.22. The van der Waals surface area contributed by atoms with Crippen molar-refractivity contribution in [3.63, 3.8) is 0 Å². The van der Waals surface area contributed by atoms with Gasteiger partial charge in [-0.2, -0.15) is 5.10 Å². The molecule has 0 atom stereocenters. The molecule has 1 aromatic rings. The van der Waals surface area contributed by atoms with Gasteiger partial charge >= 0.3 is 0 Å². The maximum absolute atomic E-state index is 4.16. The maximum atomic E-state index is 4.16. The quantitative estimate of drug-likeness (QED) is 0.616. The Morgan fingerprint density at radius 2 is 1.83 bits per heavy atom. The van der Waals surface area contributed by atoms with Crippen molar-refractivity contribution >= 4 is 12.2 Å². The molecule has 0 spiro atoms. The van der Waals surface area contributed by atoms with E-state index in [9.17, 15) is 0 Å². The first-order chi connectivity index (χ1) is 5.88. The molecular weight excluding hydrogens is 148 g/mol. The van der Waals surface area contributed by atoms with Crippen molar-refractivity contribution in [2.24, 2.45) is 0 Å². The van der Waals surface area contributed by atoms with Crippen LogP contribution in [-0.4, -0.2) is 10.2 Å². The van der Waals surface area contributed by atoms with Gasteiger partial charge in [-0.05, 0) is 13.0 Å². The summed E-state index contributed by atoms with van der Waals surface area (Å²) in [5.74, 6) is 0.